The highest BCUT2D eigenvalue weighted by Gasteiger charge is 2.24. The number of aliphatic hydroxyl groups is 1. The summed E-state index contributed by atoms with van der Waals surface area (Å²) >= 11 is 3.59. The number of carbonyl (C=O) groups excluding carboxylic acids is 1. The van der Waals surface area contributed by atoms with Gasteiger partial charge in [-0.25, -0.2) is 9.78 Å². The monoisotopic (exact) mass is 547 g/mol. The minimum absolute atomic E-state index is 0.138. The van der Waals surface area contributed by atoms with Gasteiger partial charge in [0.05, 0.1) is 42.6 Å². The smallest absolute Gasteiger partial charge is 0.360 e. The van der Waals surface area contributed by atoms with Crippen molar-refractivity contribution in [3.8, 4) is 11.5 Å². The number of rotatable bonds is 11. The van der Waals surface area contributed by atoms with E-state index >= 15 is 0 Å². The Hall–Kier alpha value is -2.69. The molecule has 1 N–H and O–H groups in total. The first-order valence-electron chi connectivity index (χ1n) is 11.7. The lowest BCUT2D eigenvalue weighted by Crippen LogP contribution is -2.20. The van der Waals surface area contributed by atoms with E-state index in [9.17, 15) is 9.90 Å². The van der Waals surface area contributed by atoms with Gasteiger partial charge in [0.2, 0.25) is 0 Å². The molecule has 0 aliphatic heterocycles. The van der Waals surface area contributed by atoms with Crippen LogP contribution in [0.5, 0.6) is 11.5 Å². The normalized spacial score (nSPS) is 17.9. The lowest BCUT2D eigenvalue weighted by Gasteiger charge is -2.28. The highest BCUT2D eigenvalue weighted by Crippen LogP contribution is 2.36. The third kappa shape index (κ3) is 6.31. The Morgan fingerprint density at radius 1 is 1.11 bits per heavy atom. The first-order chi connectivity index (χ1) is 17.1. The van der Waals surface area contributed by atoms with Crippen LogP contribution in [-0.2, 0) is 9.47 Å². The Balaban J connectivity index is 1.25. The molecule has 0 unspecified atom stereocenters. The molecule has 10 heteroatoms. The molecule has 0 radical (unpaired) electrons. The molecular formula is C25H30BrN3O6. The summed E-state index contributed by atoms with van der Waals surface area (Å²) in [7, 11) is 1.30. The maximum atomic E-state index is 11.7. The van der Waals surface area contributed by atoms with Gasteiger partial charge >= 0.3 is 5.97 Å². The maximum Gasteiger partial charge on any atom is 0.360 e. The summed E-state index contributed by atoms with van der Waals surface area (Å²) in [6, 6.07) is 7.74. The molecule has 2 heterocycles. The summed E-state index contributed by atoms with van der Waals surface area (Å²) in [5.74, 6) is 0.960. The van der Waals surface area contributed by atoms with Crippen LogP contribution in [0.2, 0.25) is 0 Å². The van der Waals surface area contributed by atoms with Crippen LogP contribution in [0.15, 0.2) is 41.1 Å². The predicted octanol–water partition coefficient (Wildman–Crippen LogP) is 4.18. The molecule has 1 fully saturated rings. The van der Waals surface area contributed by atoms with E-state index in [-0.39, 0.29) is 18.9 Å². The van der Waals surface area contributed by atoms with Crippen LogP contribution >= 0.6 is 15.9 Å². The lowest BCUT2D eigenvalue weighted by molar-refractivity contribution is 0.0578. The SMILES string of the molecule is COC(=O)c1ncccc1OCCOCCOc1cc2c(cnn2C2CCC(CO)CC2)cc1Br. The fraction of sp³-hybridized carbons (Fsp3) is 0.480. The molecule has 1 saturated carbocycles. The molecule has 3 aromatic rings. The molecule has 0 amide bonds. The molecule has 1 aromatic carbocycles. The van der Waals surface area contributed by atoms with E-state index in [1.165, 1.54) is 13.3 Å². The predicted molar refractivity (Wildman–Crippen MR) is 133 cm³/mol. The number of methoxy groups -OCH3 is 1. The second kappa shape index (κ2) is 12.3. The Morgan fingerprint density at radius 2 is 1.86 bits per heavy atom. The first kappa shape index (κ1) is 25.4. The van der Waals surface area contributed by atoms with Crippen LogP contribution in [0.3, 0.4) is 0 Å². The molecule has 0 spiro atoms. The van der Waals surface area contributed by atoms with E-state index in [1.807, 2.05) is 18.3 Å². The molecule has 0 bridgehead atoms. The van der Waals surface area contributed by atoms with E-state index in [0.29, 0.717) is 37.5 Å². The number of fused-ring (bicyclic) bond motifs is 1. The van der Waals surface area contributed by atoms with E-state index < -0.39 is 5.97 Å². The Bertz CT molecular complexity index is 1130. The van der Waals surface area contributed by atoms with E-state index in [4.69, 9.17) is 18.9 Å². The van der Waals surface area contributed by atoms with Gasteiger partial charge in [-0.3, -0.25) is 4.68 Å². The number of hydrogen-bond acceptors (Lipinski definition) is 8. The molecule has 35 heavy (non-hydrogen) atoms. The molecule has 0 atom stereocenters. The number of aliphatic hydroxyl groups excluding tert-OH is 1. The average Bonchev–Trinajstić information content (AvgIpc) is 3.30. The number of benzene rings is 1. The third-order valence-electron chi connectivity index (χ3n) is 6.19. The number of nitrogens with zero attached hydrogens (tertiary/aromatic N) is 3. The zero-order chi connectivity index (χ0) is 24.6. The number of ether oxygens (including phenoxy) is 4. The summed E-state index contributed by atoms with van der Waals surface area (Å²) < 4.78 is 24.9. The number of aromatic nitrogens is 3. The fourth-order valence-electron chi connectivity index (χ4n) is 4.30. The van der Waals surface area contributed by atoms with E-state index in [0.717, 1.165) is 46.8 Å². The molecule has 9 nitrogen and oxygen atoms in total. The standard InChI is InChI=1S/C25H30BrN3O6/c1-32-25(31)24-22(3-2-8-27-24)34-11-9-33-10-12-35-23-14-21-18(13-20(23)26)15-28-29(21)19-6-4-17(16-30)5-7-19/h2-3,8,13-15,17,19,30H,4-7,9-12,16H2,1H3. The Morgan fingerprint density at radius 3 is 2.57 bits per heavy atom. The second-order valence-electron chi connectivity index (χ2n) is 8.44. The summed E-state index contributed by atoms with van der Waals surface area (Å²) in [6.07, 6.45) is 7.48. The van der Waals surface area contributed by atoms with Gasteiger partial charge in [-0.2, -0.15) is 5.10 Å². The molecule has 4 rings (SSSR count). The van der Waals surface area contributed by atoms with Crippen molar-refractivity contribution < 1.29 is 28.8 Å². The van der Waals surface area contributed by atoms with Gasteiger partial charge in [0, 0.05) is 24.3 Å². The Labute approximate surface area is 212 Å². The van der Waals surface area contributed by atoms with Gasteiger partial charge < -0.3 is 24.1 Å². The number of hydrogen-bond donors (Lipinski definition) is 1. The van der Waals surface area contributed by atoms with Crippen LogP contribution in [0, 0.1) is 5.92 Å². The lowest BCUT2D eigenvalue weighted by atomic mass is 9.86. The van der Waals surface area contributed by atoms with Crippen molar-refractivity contribution in [3.05, 3.63) is 46.8 Å². The molecule has 1 aliphatic rings. The minimum Gasteiger partial charge on any atom is -0.490 e. The number of halogens is 1. The van der Waals surface area contributed by atoms with Crippen LogP contribution in [0.1, 0.15) is 42.2 Å². The Kier molecular flexibility index (Phi) is 8.95. The van der Waals surface area contributed by atoms with Crippen LogP contribution in [0.4, 0.5) is 0 Å². The van der Waals surface area contributed by atoms with Crippen LogP contribution in [-0.4, -0.2) is 66.0 Å². The molecular weight excluding hydrogens is 518 g/mol. The first-order valence-corrected chi connectivity index (χ1v) is 12.5. The van der Waals surface area contributed by atoms with E-state index in [2.05, 4.69) is 30.7 Å². The summed E-state index contributed by atoms with van der Waals surface area (Å²) in [6.45, 7) is 1.63. The zero-order valence-corrected chi connectivity index (χ0v) is 21.3. The van der Waals surface area contributed by atoms with Crippen LogP contribution in [0.25, 0.3) is 10.9 Å². The van der Waals surface area contributed by atoms with E-state index in [1.54, 1.807) is 12.1 Å². The van der Waals surface area contributed by atoms with Gasteiger partial charge in [0.25, 0.3) is 0 Å². The molecule has 2 aromatic heterocycles. The van der Waals surface area contributed by atoms with Gasteiger partial charge in [-0.1, -0.05) is 0 Å². The number of pyridine rings is 1. The highest BCUT2D eigenvalue weighted by atomic mass is 79.9. The van der Waals surface area contributed by atoms with Crippen molar-refractivity contribution >= 4 is 32.8 Å². The quantitative estimate of drug-likeness (QED) is 0.281. The topological polar surface area (TPSA) is 105 Å². The minimum atomic E-state index is -0.545. The zero-order valence-electron chi connectivity index (χ0n) is 19.7. The average molecular weight is 548 g/mol. The maximum absolute atomic E-state index is 11.7. The van der Waals surface area contributed by atoms with Crippen molar-refractivity contribution in [1.82, 2.24) is 14.8 Å². The van der Waals surface area contributed by atoms with Gasteiger partial charge in [-0.15, -0.1) is 0 Å². The molecule has 188 valence electrons. The van der Waals surface area contributed by atoms with Crippen molar-refractivity contribution in [2.24, 2.45) is 5.92 Å². The van der Waals surface area contributed by atoms with Crippen molar-refractivity contribution in [1.29, 1.82) is 0 Å². The van der Waals surface area contributed by atoms with Gasteiger partial charge in [0.15, 0.2) is 11.4 Å². The summed E-state index contributed by atoms with van der Waals surface area (Å²) in [4.78, 5) is 15.7. The van der Waals surface area contributed by atoms with Crippen molar-refractivity contribution in [3.63, 3.8) is 0 Å². The summed E-state index contributed by atoms with van der Waals surface area (Å²) in [5.41, 5.74) is 1.18. The third-order valence-corrected chi connectivity index (χ3v) is 6.81. The highest BCUT2D eigenvalue weighted by molar-refractivity contribution is 9.10. The summed E-state index contributed by atoms with van der Waals surface area (Å²) in [5, 5.41) is 15.1. The number of carbonyl (C=O) groups is 1. The largest absolute Gasteiger partial charge is 0.490 e. The van der Waals surface area contributed by atoms with Gasteiger partial charge in [-0.05, 0) is 65.7 Å². The number of esters is 1. The van der Waals surface area contributed by atoms with Crippen LogP contribution < -0.4 is 9.47 Å². The molecule has 1 aliphatic carbocycles. The molecule has 0 saturated heterocycles. The van der Waals surface area contributed by atoms with Crippen molar-refractivity contribution in [2.45, 2.75) is 31.7 Å². The fourth-order valence-corrected chi connectivity index (χ4v) is 4.78. The second-order valence-corrected chi connectivity index (χ2v) is 9.29. The van der Waals surface area contributed by atoms with Crippen molar-refractivity contribution in [2.75, 3.05) is 40.1 Å². The van der Waals surface area contributed by atoms with Gasteiger partial charge in [0.1, 0.15) is 19.0 Å².